The van der Waals surface area contributed by atoms with E-state index in [9.17, 15) is 4.79 Å². The van der Waals surface area contributed by atoms with Gasteiger partial charge in [0.15, 0.2) is 6.61 Å². The molecule has 0 saturated heterocycles. The molecule has 110 valence electrons. The van der Waals surface area contributed by atoms with E-state index < -0.39 is 0 Å². The average Bonchev–Trinajstić information content (AvgIpc) is 2.46. The molecule has 0 unspecified atom stereocenters. The summed E-state index contributed by atoms with van der Waals surface area (Å²) in [5.74, 6) is 0.358. The molecular weight excluding hydrogens is 286 g/mol. The average molecular weight is 304 g/mol. The molecule has 21 heavy (non-hydrogen) atoms. The molecule has 3 nitrogen and oxygen atoms in total. The molecule has 2 rings (SSSR count). The number of carbonyl (C=O) groups excluding carboxylic acids is 1. The van der Waals surface area contributed by atoms with Gasteiger partial charge in [-0.15, -0.1) is 0 Å². The molecule has 0 bridgehead atoms. The number of hydrogen-bond donors (Lipinski definition) is 1. The third-order valence-corrected chi connectivity index (χ3v) is 3.33. The Kier molecular flexibility index (Phi) is 5.23. The quantitative estimate of drug-likeness (QED) is 0.915. The van der Waals surface area contributed by atoms with Gasteiger partial charge in [0.2, 0.25) is 0 Å². The maximum absolute atomic E-state index is 11.8. The maximum Gasteiger partial charge on any atom is 0.258 e. The number of carbonyl (C=O) groups is 1. The highest BCUT2D eigenvalue weighted by atomic mass is 35.5. The summed E-state index contributed by atoms with van der Waals surface area (Å²) in [6, 6.07) is 13.5. The Morgan fingerprint density at radius 3 is 2.67 bits per heavy atom. The van der Waals surface area contributed by atoms with Crippen LogP contribution in [0.3, 0.4) is 0 Å². The Hall–Kier alpha value is -2.00. The predicted molar refractivity (Wildman–Crippen MR) is 84.7 cm³/mol. The summed E-state index contributed by atoms with van der Waals surface area (Å²) in [7, 11) is 0. The first-order valence-electron chi connectivity index (χ1n) is 6.76. The highest BCUT2D eigenvalue weighted by Crippen LogP contribution is 2.24. The zero-order valence-corrected chi connectivity index (χ0v) is 12.9. The molecule has 0 fully saturated rings. The number of rotatable bonds is 5. The third kappa shape index (κ3) is 4.80. The van der Waals surface area contributed by atoms with Crippen LogP contribution in [0.15, 0.2) is 42.5 Å². The van der Waals surface area contributed by atoms with Crippen molar-refractivity contribution >= 4 is 17.5 Å². The minimum Gasteiger partial charge on any atom is -0.482 e. The van der Waals surface area contributed by atoms with Gasteiger partial charge < -0.3 is 10.1 Å². The molecule has 0 aliphatic heterocycles. The van der Waals surface area contributed by atoms with Crippen LogP contribution < -0.4 is 10.1 Å². The van der Waals surface area contributed by atoms with E-state index in [0.717, 1.165) is 11.1 Å². The zero-order valence-electron chi connectivity index (χ0n) is 12.2. The molecular formula is C17H18ClNO2. The number of halogens is 1. The fourth-order valence-corrected chi connectivity index (χ4v) is 2.11. The Labute approximate surface area is 129 Å². The molecule has 2 aromatic rings. The van der Waals surface area contributed by atoms with E-state index >= 15 is 0 Å². The van der Waals surface area contributed by atoms with Crippen LogP contribution in [0.25, 0.3) is 0 Å². The largest absolute Gasteiger partial charge is 0.482 e. The Bertz CT molecular complexity index is 640. The van der Waals surface area contributed by atoms with Crippen LogP contribution in [0.4, 0.5) is 0 Å². The van der Waals surface area contributed by atoms with E-state index in [1.54, 1.807) is 6.07 Å². The minimum atomic E-state index is -0.172. The van der Waals surface area contributed by atoms with Gasteiger partial charge in [-0.2, -0.15) is 0 Å². The van der Waals surface area contributed by atoms with Crippen LogP contribution in [0, 0.1) is 13.8 Å². The maximum atomic E-state index is 11.8. The highest BCUT2D eigenvalue weighted by Gasteiger charge is 2.06. The smallest absolute Gasteiger partial charge is 0.258 e. The summed E-state index contributed by atoms with van der Waals surface area (Å²) in [5, 5.41) is 3.33. The van der Waals surface area contributed by atoms with Crippen molar-refractivity contribution in [2.75, 3.05) is 6.61 Å². The van der Waals surface area contributed by atoms with Gasteiger partial charge in [0.1, 0.15) is 5.75 Å². The molecule has 0 aromatic heterocycles. The zero-order chi connectivity index (χ0) is 15.2. The Morgan fingerprint density at radius 2 is 1.90 bits per heavy atom. The molecule has 0 spiro atoms. The van der Waals surface area contributed by atoms with Crippen molar-refractivity contribution in [1.82, 2.24) is 5.32 Å². The fraction of sp³-hybridized carbons (Fsp3) is 0.235. The molecule has 0 saturated carbocycles. The van der Waals surface area contributed by atoms with Crippen molar-refractivity contribution in [3.8, 4) is 5.75 Å². The molecule has 0 atom stereocenters. The summed E-state index contributed by atoms with van der Waals surface area (Å²) in [6.07, 6.45) is 0. The van der Waals surface area contributed by atoms with Crippen molar-refractivity contribution in [2.24, 2.45) is 0 Å². The minimum absolute atomic E-state index is 0.0466. The number of benzene rings is 2. The Morgan fingerprint density at radius 1 is 1.14 bits per heavy atom. The molecule has 0 aliphatic carbocycles. The van der Waals surface area contributed by atoms with Crippen molar-refractivity contribution in [3.63, 3.8) is 0 Å². The summed E-state index contributed by atoms with van der Waals surface area (Å²) in [6.45, 7) is 4.41. The van der Waals surface area contributed by atoms with Crippen molar-refractivity contribution in [2.45, 2.75) is 20.4 Å². The highest BCUT2D eigenvalue weighted by molar-refractivity contribution is 6.32. The molecule has 2 aromatic carbocycles. The van der Waals surface area contributed by atoms with Crippen LogP contribution >= 0.6 is 11.6 Å². The lowest BCUT2D eigenvalue weighted by Crippen LogP contribution is -2.28. The van der Waals surface area contributed by atoms with Crippen LogP contribution in [-0.2, 0) is 11.3 Å². The molecule has 0 aliphatic rings. The molecule has 1 amide bonds. The summed E-state index contributed by atoms with van der Waals surface area (Å²) < 4.78 is 5.45. The lowest BCUT2D eigenvalue weighted by molar-refractivity contribution is -0.123. The molecule has 0 radical (unpaired) electrons. The van der Waals surface area contributed by atoms with Gasteiger partial charge in [0, 0.05) is 6.54 Å². The monoisotopic (exact) mass is 303 g/mol. The van der Waals surface area contributed by atoms with Crippen LogP contribution in [0.5, 0.6) is 5.75 Å². The van der Waals surface area contributed by atoms with Crippen molar-refractivity contribution < 1.29 is 9.53 Å². The summed E-state index contributed by atoms with van der Waals surface area (Å²) in [4.78, 5) is 11.8. The van der Waals surface area contributed by atoms with Gasteiger partial charge in [0.05, 0.1) is 5.02 Å². The topological polar surface area (TPSA) is 38.3 Å². The van der Waals surface area contributed by atoms with Gasteiger partial charge in [-0.1, -0.05) is 47.5 Å². The summed E-state index contributed by atoms with van der Waals surface area (Å²) in [5.41, 5.74) is 3.27. The number of amides is 1. The Balaban J connectivity index is 1.83. The van der Waals surface area contributed by atoms with E-state index in [0.29, 0.717) is 17.3 Å². The lowest BCUT2D eigenvalue weighted by atomic mass is 10.1. The molecule has 4 heteroatoms. The summed E-state index contributed by atoms with van der Waals surface area (Å²) >= 11 is 6.01. The number of ether oxygens (including phenoxy) is 1. The first-order valence-corrected chi connectivity index (χ1v) is 7.13. The van der Waals surface area contributed by atoms with Crippen LogP contribution in [0.1, 0.15) is 16.7 Å². The lowest BCUT2D eigenvalue weighted by Gasteiger charge is -2.09. The van der Waals surface area contributed by atoms with Gasteiger partial charge >= 0.3 is 0 Å². The van der Waals surface area contributed by atoms with Gasteiger partial charge in [-0.05, 0) is 37.1 Å². The standard InChI is InChI=1S/C17H18ClNO2/c1-12-4-3-5-14(8-12)10-19-17(20)11-21-16-9-13(2)6-7-15(16)18/h3-9H,10-11H2,1-2H3,(H,19,20). The predicted octanol–water partition coefficient (Wildman–Crippen LogP) is 3.65. The number of nitrogens with one attached hydrogen (secondary N) is 1. The first kappa shape index (κ1) is 15.4. The first-order chi connectivity index (χ1) is 10.0. The second-order valence-corrected chi connectivity index (χ2v) is 5.40. The number of aryl methyl sites for hydroxylation is 2. The second kappa shape index (κ2) is 7.14. The van der Waals surface area contributed by atoms with E-state index in [-0.39, 0.29) is 12.5 Å². The van der Waals surface area contributed by atoms with Crippen molar-refractivity contribution in [3.05, 3.63) is 64.2 Å². The normalized spacial score (nSPS) is 10.2. The van der Waals surface area contributed by atoms with Crippen molar-refractivity contribution in [1.29, 1.82) is 0 Å². The van der Waals surface area contributed by atoms with E-state index in [1.807, 2.05) is 50.2 Å². The van der Waals surface area contributed by atoms with Gasteiger partial charge in [-0.25, -0.2) is 0 Å². The van der Waals surface area contributed by atoms with E-state index in [4.69, 9.17) is 16.3 Å². The van der Waals surface area contributed by atoms with Gasteiger partial charge in [-0.3, -0.25) is 4.79 Å². The SMILES string of the molecule is Cc1cccc(CNC(=O)COc2cc(C)ccc2Cl)c1. The van der Waals surface area contributed by atoms with E-state index in [1.165, 1.54) is 5.56 Å². The van der Waals surface area contributed by atoms with Gasteiger partial charge in [0.25, 0.3) is 5.91 Å². The van der Waals surface area contributed by atoms with Crippen LogP contribution in [0.2, 0.25) is 5.02 Å². The third-order valence-electron chi connectivity index (χ3n) is 3.02. The molecule has 1 N–H and O–H groups in total. The number of hydrogen-bond acceptors (Lipinski definition) is 2. The second-order valence-electron chi connectivity index (χ2n) is 4.99. The fourth-order valence-electron chi connectivity index (χ4n) is 1.94. The molecule has 0 heterocycles. The van der Waals surface area contributed by atoms with E-state index in [2.05, 4.69) is 5.32 Å². The van der Waals surface area contributed by atoms with Crippen LogP contribution in [-0.4, -0.2) is 12.5 Å².